The van der Waals surface area contributed by atoms with Gasteiger partial charge in [-0.05, 0) is 39.8 Å². The molecule has 1 aromatic rings. The maximum atomic E-state index is 13.0. The van der Waals surface area contributed by atoms with Crippen molar-refractivity contribution in [3.8, 4) is 0 Å². The highest BCUT2D eigenvalue weighted by atomic mass is 16.2. The molecule has 0 aromatic carbocycles. The van der Waals surface area contributed by atoms with Crippen molar-refractivity contribution >= 4 is 11.8 Å². The minimum absolute atomic E-state index is 0.0628. The second kappa shape index (κ2) is 8.87. The van der Waals surface area contributed by atoms with Gasteiger partial charge in [0.2, 0.25) is 11.8 Å². The van der Waals surface area contributed by atoms with E-state index in [1.165, 1.54) is 0 Å². The monoisotopic (exact) mass is 375 g/mol. The molecule has 1 aromatic heterocycles. The standard InChI is InChI=1S/C20H33N5O2/c1-16(26)23-10-6-17(7-11-23)20(27)25-9-4-5-18(15-25)19-21-8-12-24(19)14-13-22(2)3/h8,12,17-18H,4-7,9-11,13-15H2,1-3H3/t18-/m1/s1. The highest BCUT2D eigenvalue weighted by molar-refractivity contribution is 5.80. The largest absolute Gasteiger partial charge is 0.343 e. The average Bonchev–Trinajstić information content (AvgIpc) is 3.14. The molecule has 0 unspecified atom stereocenters. The van der Waals surface area contributed by atoms with Gasteiger partial charge >= 0.3 is 0 Å². The van der Waals surface area contributed by atoms with Gasteiger partial charge in [0.25, 0.3) is 0 Å². The third-order valence-corrected chi connectivity index (χ3v) is 5.92. The zero-order valence-electron chi connectivity index (χ0n) is 16.9. The Labute approximate surface area is 162 Å². The molecular weight excluding hydrogens is 342 g/mol. The number of imidazole rings is 1. The number of hydrogen-bond donors (Lipinski definition) is 0. The summed E-state index contributed by atoms with van der Waals surface area (Å²) in [5, 5.41) is 0. The van der Waals surface area contributed by atoms with E-state index in [0.717, 1.165) is 57.7 Å². The van der Waals surface area contributed by atoms with Gasteiger partial charge in [-0.25, -0.2) is 4.98 Å². The lowest BCUT2D eigenvalue weighted by Crippen LogP contribution is -2.46. The third-order valence-electron chi connectivity index (χ3n) is 5.92. The number of likely N-dealkylation sites (tertiary alicyclic amines) is 2. The number of carbonyl (C=O) groups is 2. The Bertz CT molecular complexity index is 649. The first-order valence-corrected chi connectivity index (χ1v) is 10.2. The maximum Gasteiger partial charge on any atom is 0.225 e. The summed E-state index contributed by atoms with van der Waals surface area (Å²) in [5.41, 5.74) is 0. The quantitative estimate of drug-likeness (QED) is 0.781. The van der Waals surface area contributed by atoms with E-state index in [2.05, 4.69) is 34.7 Å². The van der Waals surface area contributed by atoms with Gasteiger partial charge in [0.1, 0.15) is 5.82 Å². The predicted molar refractivity (Wildman–Crippen MR) is 104 cm³/mol. The molecule has 2 fully saturated rings. The molecule has 0 bridgehead atoms. The number of nitrogens with zero attached hydrogens (tertiary/aromatic N) is 5. The Morgan fingerprint density at radius 2 is 1.89 bits per heavy atom. The third kappa shape index (κ3) is 4.89. The van der Waals surface area contributed by atoms with Crippen LogP contribution >= 0.6 is 0 Å². The molecule has 0 N–H and O–H groups in total. The Balaban J connectivity index is 1.59. The number of rotatable bonds is 5. The number of aromatic nitrogens is 2. The normalized spacial score (nSPS) is 21.7. The van der Waals surface area contributed by atoms with E-state index >= 15 is 0 Å². The molecule has 27 heavy (non-hydrogen) atoms. The number of amides is 2. The zero-order valence-corrected chi connectivity index (χ0v) is 16.9. The molecule has 3 heterocycles. The molecule has 0 radical (unpaired) electrons. The van der Waals surface area contributed by atoms with Crippen molar-refractivity contribution in [3.63, 3.8) is 0 Å². The van der Waals surface area contributed by atoms with E-state index in [1.54, 1.807) is 6.92 Å². The van der Waals surface area contributed by atoms with Gasteiger partial charge in [-0.1, -0.05) is 0 Å². The van der Waals surface area contributed by atoms with Crippen LogP contribution in [0.2, 0.25) is 0 Å². The summed E-state index contributed by atoms with van der Waals surface area (Å²) in [6.07, 6.45) is 7.63. The fourth-order valence-corrected chi connectivity index (χ4v) is 4.27. The Morgan fingerprint density at radius 1 is 1.15 bits per heavy atom. The van der Waals surface area contributed by atoms with Crippen molar-refractivity contribution in [2.24, 2.45) is 5.92 Å². The molecule has 0 saturated carbocycles. The van der Waals surface area contributed by atoms with Gasteiger partial charge < -0.3 is 19.3 Å². The van der Waals surface area contributed by atoms with Gasteiger partial charge in [-0.3, -0.25) is 9.59 Å². The zero-order chi connectivity index (χ0) is 19.4. The fourth-order valence-electron chi connectivity index (χ4n) is 4.27. The van der Waals surface area contributed by atoms with Crippen molar-refractivity contribution in [2.45, 2.75) is 45.1 Å². The van der Waals surface area contributed by atoms with Crippen LogP contribution in [-0.4, -0.2) is 82.9 Å². The molecule has 0 spiro atoms. The number of carbonyl (C=O) groups excluding carboxylic acids is 2. The first-order valence-electron chi connectivity index (χ1n) is 10.2. The lowest BCUT2D eigenvalue weighted by molar-refractivity contribution is -0.141. The van der Waals surface area contributed by atoms with Gasteiger partial charge in [0.15, 0.2) is 0 Å². The first-order chi connectivity index (χ1) is 13.0. The van der Waals surface area contributed by atoms with Crippen LogP contribution in [-0.2, 0) is 16.1 Å². The Hall–Kier alpha value is -1.89. The predicted octanol–water partition coefficient (Wildman–Crippen LogP) is 1.41. The Kier molecular flexibility index (Phi) is 6.52. The van der Waals surface area contributed by atoms with Crippen LogP contribution in [0.5, 0.6) is 0 Å². The summed E-state index contributed by atoms with van der Waals surface area (Å²) in [4.78, 5) is 35.2. The van der Waals surface area contributed by atoms with Crippen molar-refractivity contribution in [2.75, 3.05) is 46.8 Å². The van der Waals surface area contributed by atoms with Crippen LogP contribution in [0.3, 0.4) is 0 Å². The molecule has 2 amide bonds. The lowest BCUT2D eigenvalue weighted by Gasteiger charge is -2.37. The lowest BCUT2D eigenvalue weighted by atomic mass is 9.92. The highest BCUT2D eigenvalue weighted by Gasteiger charge is 2.33. The van der Waals surface area contributed by atoms with E-state index in [4.69, 9.17) is 0 Å². The number of hydrogen-bond acceptors (Lipinski definition) is 4. The van der Waals surface area contributed by atoms with Gasteiger partial charge in [-0.2, -0.15) is 0 Å². The van der Waals surface area contributed by atoms with E-state index in [1.807, 2.05) is 16.0 Å². The molecular formula is C20H33N5O2. The van der Waals surface area contributed by atoms with E-state index in [9.17, 15) is 9.59 Å². The molecule has 150 valence electrons. The molecule has 7 heteroatoms. The topological polar surface area (TPSA) is 61.7 Å². The van der Waals surface area contributed by atoms with Crippen molar-refractivity contribution in [1.82, 2.24) is 24.3 Å². The van der Waals surface area contributed by atoms with Crippen molar-refractivity contribution < 1.29 is 9.59 Å². The molecule has 0 aliphatic carbocycles. The summed E-state index contributed by atoms with van der Waals surface area (Å²) in [7, 11) is 4.16. The second-order valence-electron chi connectivity index (χ2n) is 8.19. The summed E-state index contributed by atoms with van der Waals surface area (Å²) in [5.74, 6) is 1.88. The minimum atomic E-state index is 0.0628. The fraction of sp³-hybridized carbons (Fsp3) is 0.750. The maximum absolute atomic E-state index is 13.0. The summed E-state index contributed by atoms with van der Waals surface area (Å²) < 4.78 is 2.24. The average molecular weight is 376 g/mol. The summed E-state index contributed by atoms with van der Waals surface area (Å²) >= 11 is 0. The van der Waals surface area contributed by atoms with Gasteiger partial charge in [0, 0.05) is 70.4 Å². The van der Waals surface area contributed by atoms with Crippen LogP contribution in [0.15, 0.2) is 12.4 Å². The van der Waals surface area contributed by atoms with Crippen LogP contribution in [0.1, 0.15) is 44.3 Å². The highest BCUT2D eigenvalue weighted by Crippen LogP contribution is 2.28. The molecule has 3 rings (SSSR count). The van der Waals surface area contributed by atoms with E-state index in [-0.39, 0.29) is 17.7 Å². The Morgan fingerprint density at radius 3 is 2.56 bits per heavy atom. The summed E-state index contributed by atoms with van der Waals surface area (Å²) in [6.45, 7) is 6.54. The van der Waals surface area contributed by atoms with Gasteiger partial charge in [0.05, 0.1) is 0 Å². The molecule has 2 aliphatic heterocycles. The van der Waals surface area contributed by atoms with Crippen molar-refractivity contribution in [1.29, 1.82) is 0 Å². The second-order valence-corrected chi connectivity index (χ2v) is 8.19. The molecule has 1 atom stereocenters. The van der Waals surface area contributed by atoms with Crippen LogP contribution in [0, 0.1) is 5.92 Å². The smallest absolute Gasteiger partial charge is 0.225 e. The molecule has 7 nitrogen and oxygen atoms in total. The molecule has 2 aliphatic rings. The summed E-state index contributed by atoms with van der Waals surface area (Å²) in [6, 6.07) is 0. The number of piperidine rings is 2. The van der Waals surface area contributed by atoms with Crippen LogP contribution in [0.25, 0.3) is 0 Å². The van der Waals surface area contributed by atoms with E-state index < -0.39 is 0 Å². The van der Waals surface area contributed by atoms with Crippen molar-refractivity contribution in [3.05, 3.63) is 18.2 Å². The number of likely N-dealkylation sites (N-methyl/N-ethyl adjacent to an activating group) is 1. The van der Waals surface area contributed by atoms with Crippen LogP contribution in [0.4, 0.5) is 0 Å². The SMILES string of the molecule is CC(=O)N1CCC(C(=O)N2CCC[C@@H](c3nccn3CCN(C)C)C2)CC1. The molecule has 2 saturated heterocycles. The minimum Gasteiger partial charge on any atom is -0.343 e. The van der Waals surface area contributed by atoms with E-state index in [0.29, 0.717) is 19.0 Å². The first kappa shape index (κ1) is 19.9. The van der Waals surface area contributed by atoms with Gasteiger partial charge in [-0.15, -0.1) is 0 Å². The van der Waals surface area contributed by atoms with Crippen LogP contribution < -0.4 is 0 Å².